The first-order valence-corrected chi connectivity index (χ1v) is 35.0. The molecule has 15 rings (SSSR count). The van der Waals surface area contributed by atoms with Crippen molar-refractivity contribution < 1.29 is 47.7 Å². The highest BCUT2D eigenvalue weighted by Crippen LogP contribution is 2.58. The summed E-state index contributed by atoms with van der Waals surface area (Å²) in [7, 11) is 0. The van der Waals surface area contributed by atoms with Crippen LogP contribution in [-0.4, -0.2) is 100 Å². The van der Waals surface area contributed by atoms with E-state index in [0.717, 1.165) is 65.4 Å². The fourth-order valence-corrected chi connectivity index (χ4v) is 15.4. The van der Waals surface area contributed by atoms with Gasteiger partial charge in [0.2, 0.25) is 11.8 Å². The zero-order valence-electron chi connectivity index (χ0n) is 59.5. The maximum Gasteiger partial charge on any atom is 0.262 e. The predicted octanol–water partition coefficient (Wildman–Crippen LogP) is 17.3. The summed E-state index contributed by atoms with van der Waals surface area (Å²) in [6.07, 6.45) is 6.03. The number of nitrogens with one attached hydrogen (secondary N) is 2. The fourth-order valence-electron chi connectivity index (χ4n) is 15.4. The maximum atomic E-state index is 16.7. The van der Waals surface area contributed by atoms with Crippen molar-refractivity contribution in [3.63, 3.8) is 0 Å². The molecule has 2 aromatic heterocycles. The zero-order valence-corrected chi connectivity index (χ0v) is 59.5. The molecule has 11 aromatic carbocycles. The number of hydrogen-bond donors (Lipinski definition) is 2. The topological polar surface area (TPSA) is 210 Å². The summed E-state index contributed by atoms with van der Waals surface area (Å²) in [5.74, 6) is -1.42. The molecule has 18 heteroatoms. The van der Waals surface area contributed by atoms with Gasteiger partial charge in [0.25, 0.3) is 23.6 Å². The van der Waals surface area contributed by atoms with E-state index in [-0.39, 0.29) is 95.0 Å². The molecule has 0 bridgehead atoms. The fraction of sp³-hybridized carbons (Fsp3) is 0.209. The molecule has 18 nitrogen and oxygen atoms in total. The number of rotatable bonds is 22. The average Bonchev–Trinajstić information content (AvgIpc) is 0.673. The van der Waals surface area contributed by atoms with E-state index < -0.39 is 47.5 Å². The third-order valence-electron chi connectivity index (χ3n) is 19.5. The lowest BCUT2D eigenvalue weighted by Crippen LogP contribution is -2.55. The number of likely N-dealkylation sites (N-methyl/N-ethyl adjacent to an activating group) is 2. The average molecular weight is 1380 g/mol. The summed E-state index contributed by atoms with van der Waals surface area (Å²) >= 11 is 0. The Balaban J connectivity index is 1.09. The summed E-state index contributed by atoms with van der Waals surface area (Å²) in [5, 5.41) is 2.24. The van der Waals surface area contributed by atoms with E-state index in [0.29, 0.717) is 67.0 Å². The van der Waals surface area contributed by atoms with Gasteiger partial charge in [0, 0.05) is 107 Å². The highest BCUT2D eigenvalue weighted by atomic mass is 16.5. The molecule has 0 fully saturated rings. The van der Waals surface area contributed by atoms with Crippen molar-refractivity contribution in [1.82, 2.24) is 39.5 Å². The smallest absolute Gasteiger partial charge is 0.262 e. The van der Waals surface area contributed by atoms with Crippen LogP contribution in [0.15, 0.2) is 183 Å². The number of aryl methyl sites for hydroxylation is 8. The quantitative estimate of drug-likeness (QED) is 0.0369. The highest BCUT2D eigenvalue weighted by molar-refractivity contribution is 6.45. The monoisotopic (exact) mass is 1380 g/mol. The number of imidazole rings is 2. The second-order valence-corrected chi connectivity index (χ2v) is 27.5. The van der Waals surface area contributed by atoms with Crippen molar-refractivity contribution in [1.29, 1.82) is 0 Å². The number of carbonyl (C=O) groups excluding carboxylic acids is 6. The third kappa shape index (κ3) is 12.4. The second-order valence-electron chi connectivity index (χ2n) is 27.5. The number of imide groups is 2. The molecule has 0 saturated carbocycles. The molecule has 0 radical (unpaired) electrons. The molecule has 4 heterocycles. The second kappa shape index (κ2) is 27.2. The number of ether oxygens (including phenoxy) is 4. The minimum absolute atomic E-state index is 0.0181. The Morgan fingerprint density at radius 2 is 0.644 bits per heavy atom. The molecule has 2 aliphatic heterocycles. The van der Waals surface area contributed by atoms with E-state index >= 15 is 28.8 Å². The minimum atomic E-state index is -1.45. The van der Waals surface area contributed by atoms with Crippen LogP contribution in [-0.2, 0) is 35.5 Å². The Morgan fingerprint density at radius 1 is 0.375 bits per heavy atom. The maximum absolute atomic E-state index is 16.7. The van der Waals surface area contributed by atoms with Gasteiger partial charge in [0.1, 0.15) is 69.7 Å². The SMILES string of the molecule is CCN(Cc1ccccc1)C(=O)C(Cc1ncc[nH]1)N1C(=O)c2cc(Oc3cc(C)cc(C)c3)c3c4c(Oc5cc(C)cc(C)c5)cc5c6c(cc(Oc7cc(C)cc(C)c7)c(c7c(Oc8cc(C)cc(C)c8)cc(c2c37)C1=O)c64)C(=O)N(C(Cc1ncc[nH]1)C(=O)N(CC)Cc1ccccc1)C5=O. The largest absolute Gasteiger partial charge is 0.457 e. The Labute approximate surface area is 601 Å². The standard InChI is InChI=1S/C86H76N8O10/c1-11-91(45-55-19-15-13-16-20-55)85(99)65(43-71-87-23-24-88-71)93-81(95)61-39-67(101-57-31-47(3)27-48(4)32-57)75-77-69(103-59-35-51(7)29-52(8)36-59)41-63-74-64(84(98)94(83(63)97)66(44-72-89-25-26-90-72)86(100)92(12-2)46-56-21-17-14-18-22-56)42-70(104-60-37-53(9)30-54(10)38-60)78(80(74)77)76-68(40-62(82(93)96)73(61)79(75)76)102-58-33-49(5)28-50(6)34-58/h13-42,65-66H,11-12,43-46H2,1-10H3,(H,87,88)(H,89,90). The molecule has 0 saturated heterocycles. The normalized spacial score (nSPS) is 13.4. The molecule has 104 heavy (non-hydrogen) atoms. The number of nitrogens with zero attached hydrogens (tertiary/aromatic N) is 6. The number of fused-ring (bicyclic) bond motifs is 2. The number of aromatic nitrogens is 4. The Bertz CT molecular complexity index is 4980. The van der Waals surface area contributed by atoms with Crippen molar-refractivity contribution in [3.8, 4) is 46.0 Å². The summed E-state index contributed by atoms with van der Waals surface area (Å²) in [6.45, 7) is 20.2. The molecule has 2 N–H and O–H groups in total. The van der Waals surface area contributed by atoms with Gasteiger partial charge in [-0.2, -0.15) is 0 Å². The Hall–Kier alpha value is -12.4. The molecular weight excluding hydrogens is 1300 g/mol. The van der Waals surface area contributed by atoms with Gasteiger partial charge in [-0.15, -0.1) is 0 Å². The number of H-pyrrole nitrogens is 2. The van der Waals surface area contributed by atoms with Crippen LogP contribution >= 0.6 is 0 Å². The summed E-state index contributed by atoms with van der Waals surface area (Å²) in [4.78, 5) is 119. The van der Waals surface area contributed by atoms with Crippen molar-refractivity contribution in [2.75, 3.05) is 13.1 Å². The molecule has 0 aliphatic carbocycles. The van der Waals surface area contributed by atoms with Crippen LogP contribution in [0.1, 0.15) is 123 Å². The van der Waals surface area contributed by atoms with E-state index in [1.807, 2.05) is 203 Å². The van der Waals surface area contributed by atoms with E-state index in [4.69, 9.17) is 18.9 Å². The lowest BCUT2D eigenvalue weighted by molar-refractivity contribution is -0.136. The van der Waals surface area contributed by atoms with Gasteiger partial charge in [-0.3, -0.25) is 38.6 Å². The van der Waals surface area contributed by atoms with E-state index in [2.05, 4.69) is 19.9 Å². The Kier molecular flexibility index (Phi) is 17.6. The Morgan fingerprint density at radius 3 is 0.885 bits per heavy atom. The van der Waals surface area contributed by atoms with Gasteiger partial charge < -0.3 is 38.7 Å². The lowest BCUT2D eigenvalue weighted by atomic mass is 9.80. The highest BCUT2D eigenvalue weighted by Gasteiger charge is 2.48. The summed E-state index contributed by atoms with van der Waals surface area (Å²) in [5.41, 5.74) is 8.72. The van der Waals surface area contributed by atoms with Crippen LogP contribution in [0.4, 0.5) is 0 Å². The molecule has 520 valence electrons. The number of amides is 6. The van der Waals surface area contributed by atoms with E-state index in [1.165, 1.54) is 0 Å². The molecule has 6 amide bonds. The first-order valence-electron chi connectivity index (χ1n) is 35.0. The van der Waals surface area contributed by atoms with Crippen LogP contribution in [0.2, 0.25) is 0 Å². The van der Waals surface area contributed by atoms with Crippen LogP contribution in [0.25, 0.3) is 43.1 Å². The lowest BCUT2D eigenvalue weighted by Gasteiger charge is -2.37. The van der Waals surface area contributed by atoms with Crippen LogP contribution < -0.4 is 18.9 Å². The first-order chi connectivity index (χ1) is 50.2. The first kappa shape index (κ1) is 67.4. The van der Waals surface area contributed by atoms with Gasteiger partial charge in [-0.25, -0.2) is 9.97 Å². The zero-order chi connectivity index (χ0) is 72.5. The van der Waals surface area contributed by atoms with Gasteiger partial charge in [0.15, 0.2) is 0 Å². The number of benzene rings is 11. The van der Waals surface area contributed by atoms with Gasteiger partial charge in [-0.05, 0) is 198 Å². The van der Waals surface area contributed by atoms with Gasteiger partial charge >= 0.3 is 0 Å². The van der Waals surface area contributed by atoms with Gasteiger partial charge in [0.05, 0.1) is 22.3 Å². The van der Waals surface area contributed by atoms with E-state index in [1.54, 1.807) is 58.9 Å². The van der Waals surface area contributed by atoms with Crippen molar-refractivity contribution in [3.05, 3.63) is 272 Å². The third-order valence-corrected chi connectivity index (χ3v) is 19.5. The van der Waals surface area contributed by atoms with Crippen LogP contribution in [0, 0.1) is 55.4 Å². The minimum Gasteiger partial charge on any atom is -0.457 e. The number of carbonyl (C=O) groups is 6. The molecule has 2 unspecified atom stereocenters. The van der Waals surface area contributed by atoms with Crippen molar-refractivity contribution in [2.24, 2.45) is 0 Å². The molecule has 13 aromatic rings. The van der Waals surface area contributed by atoms with Crippen LogP contribution in [0.3, 0.4) is 0 Å². The molecule has 0 spiro atoms. The molecular formula is C86H76N8O10. The summed E-state index contributed by atoms with van der Waals surface area (Å²) < 4.78 is 29.6. The van der Waals surface area contributed by atoms with E-state index in [9.17, 15) is 0 Å². The molecule has 2 aliphatic rings. The van der Waals surface area contributed by atoms with Gasteiger partial charge in [-0.1, -0.05) is 84.9 Å². The number of aromatic amines is 2. The molecule has 2 atom stereocenters. The van der Waals surface area contributed by atoms with Crippen molar-refractivity contribution in [2.45, 2.75) is 107 Å². The predicted molar refractivity (Wildman–Crippen MR) is 400 cm³/mol. The van der Waals surface area contributed by atoms with Crippen molar-refractivity contribution >= 4 is 78.5 Å². The summed E-state index contributed by atoms with van der Waals surface area (Å²) in [6, 6.07) is 45.7. The van der Waals surface area contributed by atoms with Crippen LogP contribution in [0.5, 0.6) is 46.0 Å². The number of hydrogen-bond acceptors (Lipinski definition) is 12.